The average molecular weight is 544 g/mol. The van der Waals surface area contributed by atoms with Crippen molar-refractivity contribution in [2.75, 3.05) is 45.4 Å². The van der Waals surface area contributed by atoms with Crippen LogP contribution < -0.4 is 19.9 Å². The maximum absolute atomic E-state index is 14.3. The van der Waals surface area contributed by atoms with Crippen molar-refractivity contribution in [2.45, 2.75) is 12.7 Å². The lowest BCUT2D eigenvalue weighted by Crippen LogP contribution is -2.48. The van der Waals surface area contributed by atoms with Gasteiger partial charge in [-0.25, -0.2) is 0 Å². The van der Waals surface area contributed by atoms with Crippen LogP contribution in [0.4, 0.5) is 18.9 Å². The van der Waals surface area contributed by atoms with Gasteiger partial charge in [-0.2, -0.15) is 13.2 Å². The molecule has 0 radical (unpaired) electrons. The van der Waals surface area contributed by atoms with E-state index < -0.39 is 17.3 Å². The summed E-state index contributed by atoms with van der Waals surface area (Å²) >= 11 is 0. The van der Waals surface area contributed by atoms with Crippen molar-refractivity contribution in [3.05, 3.63) is 70.8 Å². The monoisotopic (exact) mass is 543 g/mol. The number of aromatic nitrogens is 2. The number of aliphatic hydroxyl groups excluding tert-OH is 2. The fourth-order valence-corrected chi connectivity index (χ4v) is 5.02. The second-order valence-corrected chi connectivity index (χ2v) is 9.47. The van der Waals surface area contributed by atoms with Crippen LogP contribution in [-0.2, 0) is 12.7 Å². The molecule has 11 heteroatoms. The van der Waals surface area contributed by atoms with Gasteiger partial charge in [-0.1, -0.05) is 0 Å². The second-order valence-electron chi connectivity index (χ2n) is 9.47. The normalized spacial score (nSPS) is 14.1. The van der Waals surface area contributed by atoms with Crippen LogP contribution in [-0.4, -0.2) is 59.9 Å². The minimum Gasteiger partial charge on any atom is -0.497 e. The van der Waals surface area contributed by atoms with Gasteiger partial charge in [0, 0.05) is 67.3 Å². The molecule has 0 bridgehead atoms. The number of methoxy groups -OCH3 is 2. The summed E-state index contributed by atoms with van der Waals surface area (Å²) in [5, 5.41) is 19.5. The Morgan fingerprint density at radius 3 is 2.28 bits per heavy atom. The van der Waals surface area contributed by atoms with Crippen LogP contribution in [0.15, 0.2) is 59.7 Å². The number of pyridine rings is 1. The van der Waals surface area contributed by atoms with Gasteiger partial charge in [0.2, 0.25) is 0 Å². The van der Waals surface area contributed by atoms with E-state index in [1.807, 2.05) is 4.90 Å². The molecule has 1 aliphatic rings. The van der Waals surface area contributed by atoms with E-state index in [4.69, 9.17) is 9.47 Å². The molecule has 0 aliphatic carbocycles. The van der Waals surface area contributed by atoms with E-state index >= 15 is 0 Å². The van der Waals surface area contributed by atoms with Crippen LogP contribution in [0.5, 0.6) is 11.5 Å². The predicted molar refractivity (Wildman–Crippen MR) is 141 cm³/mol. The quantitative estimate of drug-likeness (QED) is 0.350. The van der Waals surface area contributed by atoms with E-state index in [9.17, 15) is 28.2 Å². The van der Waals surface area contributed by atoms with Gasteiger partial charge >= 0.3 is 6.18 Å². The van der Waals surface area contributed by atoms with Crippen molar-refractivity contribution in [1.29, 1.82) is 0 Å². The molecule has 3 heterocycles. The fraction of sp³-hybridized carbons (Fsp3) is 0.321. The number of halogens is 3. The van der Waals surface area contributed by atoms with Crippen molar-refractivity contribution in [3.63, 3.8) is 0 Å². The highest BCUT2D eigenvalue weighted by atomic mass is 19.4. The third kappa shape index (κ3) is 4.83. The molecule has 5 rings (SSSR count). The first-order chi connectivity index (χ1) is 18.7. The van der Waals surface area contributed by atoms with Crippen LogP contribution >= 0.6 is 0 Å². The standard InChI is InChI=1S/C28H28F3N3O5/c1-38-20-9-18(10-21(12-20)39-2)23-15-34(27(37)26-22(23)5-6-32(26)7-8-35)25-11-19(33-13-17(14-33)16-36)3-4-24(25)28(29,30)31/h3-6,9-12,15,17,35-36H,7-8,13-14,16H2,1-2H3. The Hall–Kier alpha value is -3.96. The van der Waals surface area contributed by atoms with E-state index in [-0.39, 0.29) is 36.9 Å². The second kappa shape index (κ2) is 10.3. The van der Waals surface area contributed by atoms with Gasteiger partial charge in [0.15, 0.2) is 0 Å². The first-order valence-corrected chi connectivity index (χ1v) is 12.3. The molecule has 0 atom stereocenters. The molecule has 1 aliphatic heterocycles. The topological polar surface area (TPSA) is 89.1 Å². The molecular formula is C28H28F3N3O5. The summed E-state index contributed by atoms with van der Waals surface area (Å²) in [4.78, 5) is 15.7. The van der Waals surface area contributed by atoms with E-state index in [1.54, 1.807) is 30.5 Å². The van der Waals surface area contributed by atoms with Gasteiger partial charge in [0.25, 0.3) is 5.56 Å². The summed E-state index contributed by atoms with van der Waals surface area (Å²) < 4.78 is 56.1. The van der Waals surface area contributed by atoms with Crippen LogP contribution in [0, 0.1) is 5.92 Å². The van der Waals surface area contributed by atoms with Crippen LogP contribution in [0.25, 0.3) is 27.7 Å². The number of hydrogen-bond donors (Lipinski definition) is 2. The first-order valence-electron chi connectivity index (χ1n) is 12.3. The van der Waals surface area contributed by atoms with Crippen molar-refractivity contribution >= 4 is 16.6 Å². The first kappa shape index (κ1) is 26.6. The number of rotatable bonds is 8. The van der Waals surface area contributed by atoms with Gasteiger partial charge in [0.1, 0.15) is 17.0 Å². The fourth-order valence-electron chi connectivity index (χ4n) is 5.02. The van der Waals surface area contributed by atoms with Gasteiger partial charge in [0.05, 0.1) is 32.1 Å². The molecule has 1 saturated heterocycles. The Morgan fingerprint density at radius 1 is 1.00 bits per heavy atom. The number of fused-ring (bicyclic) bond motifs is 1. The molecule has 1 fully saturated rings. The van der Waals surface area contributed by atoms with E-state index in [0.717, 1.165) is 10.6 Å². The summed E-state index contributed by atoms with van der Waals surface area (Å²) in [6.07, 6.45) is -1.69. The van der Waals surface area contributed by atoms with Crippen molar-refractivity contribution in [1.82, 2.24) is 9.13 Å². The number of hydrogen-bond acceptors (Lipinski definition) is 6. The third-order valence-electron chi connectivity index (χ3n) is 7.06. The number of nitrogens with zero attached hydrogens (tertiary/aromatic N) is 3. The van der Waals surface area contributed by atoms with E-state index in [1.165, 1.54) is 37.1 Å². The SMILES string of the molecule is COc1cc(OC)cc(-c2cn(-c3cc(N4CC(CO)C4)ccc3C(F)(F)F)c(=O)c3c2ccn3CCO)c1. The molecule has 0 amide bonds. The predicted octanol–water partition coefficient (Wildman–Crippen LogP) is 3.92. The molecule has 39 heavy (non-hydrogen) atoms. The van der Waals surface area contributed by atoms with Gasteiger partial charge < -0.3 is 29.2 Å². The zero-order valence-corrected chi connectivity index (χ0v) is 21.4. The van der Waals surface area contributed by atoms with Crippen LogP contribution in [0.2, 0.25) is 0 Å². The molecule has 4 aromatic rings. The van der Waals surface area contributed by atoms with Gasteiger partial charge in [-0.15, -0.1) is 0 Å². The molecule has 2 aromatic heterocycles. The highest BCUT2D eigenvalue weighted by Crippen LogP contribution is 2.39. The number of aliphatic hydroxyl groups is 2. The Balaban J connectivity index is 1.80. The summed E-state index contributed by atoms with van der Waals surface area (Å²) in [5.74, 6) is 0.990. The highest BCUT2D eigenvalue weighted by molar-refractivity contribution is 5.95. The molecule has 0 spiro atoms. The maximum Gasteiger partial charge on any atom is 0.418 e. The molecule has 0 unspecified atom stereocenters. The Bertz CT molecular complexity index is 1550. The average Bonchev–Trinajstić information content (AvgIpc) is 3.31. The largest absolute Gasteiger partial charge is 0.497 e. The van der Waals surface area contributed by atoms with Gasteiger partial charge in [-0.3, -0.25) is 9.36 Å². The summed E-state index contributed by atoms with van der Waals surface area (Å²) in [5.41, 5.74) is -0.183. The lowest BCUT2D eigenvalue weighted by Gasteiger charge is -2.40. The number of alkyl halides is 3. The van der Waals surface area contributed by atoms with E-state index in [2.05, 4.69) is 0 Å². The smallest absolute Gasteiger partial charge is 0.418 e. The molecule has 2 aromatic carbocycles. The van der Waals surface area contributed by atoms with Gasteiger partial charge in [-0.05, 0) is 42.0 Å². The van der Waals surface area contributed by atoms with Crippen molar-refractivity contribution in [3.8, 4) is 28.3 Å². The Kier molecular flexibility index (Phi) is 7.04. The zero-order chi connectivity index (χ0) is 27.9. The summed E-state index contributed by atoms with van der Waals surface area (Å²) in [7, 11) is 2.98. The minimum atomic E-state index is -4.72. The Labute approximate surface area is 222 Å². The Morgan fingerprint density at radius 2 is 1.69 bits per heavy atom. The number of ether oxygens (including phenoxy) is 2. The third-order valence-corrected chi connectivity index (χ3v) is 7.06. The summed E-state index contributed by atoms with van der Waals surface area (Å²) in [6, 6.07) is 10.5. The zero-order valence-electron chi connectivity index (χ0n) is 21.4. The number of anilines is 1. The van der Waals surface area contributed by atoms with Crippen LogP contribution in [0.3, 0.4) is 0 Å². The van der Waals surface area contributed by atoms with Crippen molar-refractivity contribution < 1.29 is 32.9 Å². The van der Waals surface area contributed by atoms with E-state index in [0.29, 0.717) is 46.8 Å². The molecule has 206 valence electrons. The molecule has 8 nitrogen and oxygen atoms in total. The number of benzene rings is 2. The molecular weight excluding hydrogens is 515 g/mol. The maximum atomic E-state index is 14.3. The molecule has 0 saturated carbocycles. The summed E-state index contributed by atoms with van der Waals surface area (Å²) in [6.45, 7) is 0.832. The minimum absolute atomic E-state index is 0.00464. The van der Waals surface area contributed by atoms with Crippen molar-refractivity contribution in [2.24, 2.45) is 5.92 Å². The molecule has 2 N–H and O–H groups in total. The lowest BCUT2D eigenvalue weighted by atomic mass is 9.99. The highest BCUT2D eigenvalue weighted by Gasteiger charge is 2.36. The lowest BCUT2D eigenvalue weighted by molar-refractivity contribution is -0.137. The van der Waals surface area contributed by atoms with Crippen LogP contribution in [0.1, 0.15) is 5.56 Å².